The molecule has 10 heteroatoms. The second-order valence-corrected chi connectivity index (χ2v) is 10.3. The van der Waals surface area contributed by atoms with Gasteiger partial charge < -0.3 is 38.8 Å². The van der Waals surface area contributed by atoms with E-state index in [1.54, 1.807) is 18.2 Å². The summed E-state index contributed by atoms with van der Waals surface area (Å²) in [5.41, 5.74) is 0.353. The van der Waals surface area contributed by atoms with E-state index < -0.39 is 25.0 Å². The lowest BCUT2D eigenvalue weighted by molar-refractivity contribution is -0.136. The summed E-state index contributed by atoms with van der Waals surface area (Å²) in [4.78, 5) is 24.2. The van der Waals surface area contributed by atoms with Gasteiger partial charge in [0.05, 0.1) is 45.3 Å². The van der Waals surface area contributed by atoms with Crippen LogP contribution in [0.1, 0.15) is 90.9 Å². The SMILES string of the molecule is CCCCCCCCCCCCCCOc1ccc(OCCOCCOCCOCC)c(N(CC(=O)O)CC(=O)O)c1. The molecule has 0 atom stereocenters. The van der Waals surface area contributed by atoms with E-state index in [2.05, 4.69) is 6.92 Å². The highest BCUT2D eigenvalue weighted by molar-refractivity contribution is 5.81. The van der Waals surface area contributed by atoms with Crippen molar-refractivity contribution in [1.29, 1.82) is 0 Å². The van der Waals surface area contributed by atoms with E-state index >= 15 is 0 Å². The third-order valence-corrected chi connectivity index (χ3v) is 6.62. The lowest BCUT2D eigenvalue weighted by atomic mass is 10.1. The number of anilines is 1. The van der Waals surface area contributed by atoms with Crippen LogP contribution in [0.2, 0.25) is 0 Å². The molecule has 0 fully saturated rings. The first-order chi connectivity index (χ1) is 20.5. The minimum absolute atomic E-state index is 0.207. The predicted octanol–water partition coefficient (Wildman–Crippen LogP) is 6.19. The Morgan fingerprint density at radius 2 is 1.12 bits per heavy atom. The van der Waals surface area contributed by atoms with Gasteiger partial charge >= 0.3 is 11.9 Å². The van der Waals surface area contributed by atoms with Crippen LogP contribution in [-0.2, 0) is 23.8 Å². The second-order valence-electron chi connectivity index (χ2n) is 10.3. The molecule has 0 radical (unpaired) electrons. The molecule has 1 rings (SSSR count). The minimum atomic E-state index is -1.14. The molecule has 0 amide bonds. The van der Waals surface area contributed by atoms with Crippen LogP contribution in [0.5, 0.6) is 11.5 Å². The quantitative estimate of drug-likeness (QED) is 0.0992. The molecule has 10 nitrogen and oxygen atoms in total. The minimum Gasteiger partial charge on any atom is -0.494 e. The van der Waals surface area contributed by atoms with Gasteiger partial charge in [-0.3, -0.25) is 9.59 Å². The van der Waals surface area contributed by atoms with Crippen LogP contribution in [0.15, 0.2) is 18.2 Å². The summed E-state index contributed by atoms with van der Waals surface area (Å²) in [6.45, 7) is 6.79. The smallest absolute Gasteiger partial charge is 0.323 e. The number of rotatable bonds is 30. The fourth-order valence-corrected chi connectivity index (χ4v) is 4.44. The second kappa shape index (κ2) is 26.1. The summed E-state index contributed by atoms with van der Waals surface area (Å²) in [7, 11) is 0. The third kappa shape index (κ3) is 20.3. The van der Waals surface area contributed by atoms with Gasteiger partial charge in [0.2, 0.25) is 0 Å². The van der Waals surface area contributed by atoms with Crippen LogP contribution in [0.25, 0.3) is 0 Å². The van der Waals surface area contributed by atoms with Crippen molar-refractivity contribution in [2.75, 3.05) is 70.8 Å². The van der Waals surface area contributed by atoms with Crippen LogP contribution in [0.4, 0.5) is 5.69 Å². The van der Waals surface area contributed by atoms with Crippen molar-refractivity contribution in [3.63, 3.8) is 0 Å². The summed E-state index contributed by atoms with van der Waals surface area (Å²) < 4.78 is 27.9. The molecule has 0 saturated carbocycles. The molecule has 242 valence electrons. The van der Waals surface area contributed by atoms with E-state index in [1.165, 1.54) is 69.1 Å². The number of hydrogen-bond acceptors (Lipinski definition) is 8. The Bertz CT molecular complexity index is 805. The van der Waals surface area contributed by atoms with E-state index in [1.807, 2.05) is 6.92 Å². The van der Waals surface area contributed by atoms with Crippen LogP contribution < -0.4 is 14.4 Å². The number of carbonyl (C=O) groups is 2. The number of nitrogens with zero attached hydrogens (tertiary/aromatic N) is 1. The van der Waals surface area contributed by atoms with Crippen LogP contribution >= 0.6 is 0 Å². The van der Waals surface area contributed by atoms with E-state index in [4.69, 9.17) is 23.7 Å². The van der Waals surface area contributed by atoms with Crippen molar-refractivity contribution in [1.82, 2.24) is 0 Å². The number of benzene rings is 1. The Hall–Kier alpha value is -2.56. The van der Waals surface area contributed by atoms with Crippen molar-refractivity contribution < 1.29 is 43.5 Å². The molecule has 0 spiro atoms. The molecule has 1 aromatic carbocycles. The number of unbranched alkanes of at least 4 members (excludes halogenated alkanes) is 11. The molecule has 0 heterocycles. The molecule has 0 aromatic heterocycles. The zero-order chi connectivity index (χ0) is 30.7. The molecule has 0 aliphatic rings. The number of hydrogen-bond donors (Lipinski definition) is 2. The summed E-state index contributed by atoms with van der Waals surface area (Å²) in [6, 6.07) is 5.08. The maximum Gasteiger partial charge on any atom is 0.323 e. The summed E-state index contributed by atoms with van der Waals surface area (Å²) in [6.07, 6.45) is 15.1. The first-order valence-electron chi connectivity index (χ1n) is 15.8. The van der Waals surface area contributed by atoms with Gasteiger partial charge in [0.1, 0.15) is 31.2 Å². The molecule has 0 aliphatic heterocycles. The standard InChI is InChI=1S/C32H55NO9/c1-3-5-6-7-8-9-10-11-12-13-14-15-18-41-28-16-17-30(29(25-28)33(26-31(34)35)27-32(36)37)42-24-23-40-22-21-39-20-19-38-4-2/h16-17,25H,3-15,18-24,26-27H2,1-2H3,(H,34,35)(H,36,37). The Morgan fingerprint density at radius 1 is 0.619 bits per heavy atom. The van der Waals surface area contributed by atoms with Gasteiger partial charge in [0.25, 0.3) is 0 Å². The monoisotopic (exact) mass is 597 g/mol. The van der Waals surface area contributed by atoms with Crippen LogP contribution in [-0.4, -0.2) is 88.1 Å². The van der Waals surface area contributed by atoms with Gasteiger partial charge in [-0.25, -0.2) is 0 Å². The number of carboxylic acids is 2. The maximum absolute atomic E-state index is 11.5. The first-order valence-corrected chi connectivity index (χ1v) is 15.8. The third-order valence-electron chi connectivity index (χ3n) is 6.62. The van der Waals surface area contributed by atoms with Gasteiger partial charge in [-0.1, -0.05) is 77.6 Å². The average Bonchev–Trinajstić information content (AvgIpc) is 2.96. The van der Waals surface area contributed by atoms with E-state index in [9.17, 15) is 19.8 Å². The Labute approximate surface area is 252 Å². The number of ether oxygens (including phenoxy) is 5. The molecular formula is C32H55NO9. The summed E-state index contributed by atoms with van der Waals surface area (Å²) >= 11 is 0. The molecular weight excluding hydrogens is 542 g/mol. The van der Waals surface area contributed by atoms with Crippen molar-refractivity contribution >= 4 is 17.6 Å². The highest BCUT2D eigenvalue weighted by Gasteiger charge is 2.19. The first kappa shape index (κ1) is 37.5. The normalized spacial score (nSPS) is 11.0. The highest BCUT2D eigenvalue weighted by atomic mass is 16.6. The molecule has 0 aliphatic carbocycles. The van der Waals surface area contributed by atoms with Gasteiger partial charge in [0.15, 0.2) is 0 Å². The zero-order valence-electron chi connectivity index (χ0n) is 26.0. The van der Waals surface area contributed by atoms with E-state index in [0.717, 1.165) is 12.8 Å². The van der Waals surface area contributed by atoms with Crippen LogP contribution in [0, 0.1) is 0 Å². The van der Waals surface area contributed by atoms with Crippen molar-refractivity contribution in [2.24, 2.45) is 0 Å². The van der Waals surface area contributed by atoms with Crippen LogP contribution in [0.3, 0.4) is 0 Å². The predicted molar refractivity (Wildman–Crippen MR) is 164 cm³/mol. The number of carboxylic acid groups (broad SMARTS) is 2. The lowest BCUT2D eigenvalue weighted by Gasteiger charge is -2.24. The topological polar surface area (TPSA) is 124 Å². The zero-order valence-corrected chi connectivity index (χ0v) is 26.0. The molecule has 2 N–H and O–H groups in total. The largest absolute Gasteiger partial charge is 0.494 e. The van der Waals surface area contributed by atoms with Gasteiger partial charge in [0, 0.05) is 12.7 Å². The summed E-state index contributed by atoms with van der Waals surface area (Å²) in [5.74, 6) is -1.37. The Balaban J connectivity index is 2.49. The lowest BCUT2D eigenvalue weighted by Crippen LogP contribution is -2.34. The Kier molecular flexibility index (Phi) is 23.3. The summed E-state index contributed by atoms with van der Waals surface area (Å²) in [5, 5.41) is 18.7. The maximum atomic E-state index is 11.5. The van der Waals surface area contributed by atoms with E-state index in [0.29, 0.717) is 63.4 Å². The molecule has 1 aromatic rings. The Morgan fingerprint density at radius 3 is 1.64 bits per heavy atom. The fraction of sp³-hybridized carbons (Fsp3) is 0.750. The van der Waals surface area contributed by atoms with Gasteiger partial charge in [-0.05, 0) is 25.5 Å². The fourth-order valence-electron chi connectivity index (χ4n) is 4.44. The molecule has 42 heavy (non-hydrogen) atoms. The highest BCUT2D eigenvalue weighted by Crippen LogP contribution is 2.33. The van der Waals surface area contributed by atoms with Gasteiger partial charge in [-0.15, -0.1) is 0 Å². The van der Waals surface area contributed by atoms with Gasteiger partial charge in [-0.2, -0.15) is 0 Å². The molecule has 0 saturated heterocycles. The molecule has 0 bridgehead atoms. The average molecular weight is 598 g/mol. The van der Waals surface area contributed by atoms with Crippen molar-refractivity contribution in [2.45, 2.75) is 90.9 Å². The van der Waals surface area contributed by atoms with Crippen molar-refractivity contribution in [3.05, 3.63) is 18.2 Å². The van der Waals surface area contributed by atoms with E-state index in [-0.39, 0.29) is 6.61 Å². The number of aliphatic carboxylic acids is 2. The van der Waals surface area contributed by atoms with Crippen molar-refractivity contribution in [3.8, 4) is 11.5 Å². The molecule has 0 unspecified atom stereocenters.